The third-order valence-electron chi connectivity index (χ3n) is 4.10. The first-order valence-corrected chi connectivity index (χ1v) is 7.64. The van der Waals surface area contributed by atoms with Crippen LogP contribution in [0.1, 0.15) is 43.5 Å². The number of benzene rings is 1. The Morgan fingerprint density at radius 3 is 2.76 bits per heavy atom. The molecule has 0 aliphatic carbocycles. The van der Waals surface area contributed by atoms with Gasteiger partial charge in [0.25, 0.3) is 5.69 Å². The molecule has 0 spiro atoms. The lowest BCUT2D eigenvalue weighted by Gasteiger charge is -2.27. The third-order valence-corrected chi connectivity index (χ3v) is 4.10. The van der Waals surface area contributed by atoms with Crippen LogP contribution in [0.15, 0.2) is 35.7 Å². The number of nitrogens with one attached hydrogen (secondary N) is 1. The molecule has 0 bridgehead atoms. The number of nitro groups is 1. The number of nitrogens with two attached hydrogens (primary N) is 1. The van der Waals surface area contributed by atoms with E-state index in [-0.39, 0.29) is 28.4 Å². The van der Waals surface area contributed by atoms with Crippen LogP contribution in [0.5, 0.6) is 5.88 Å². The van der Waals surface area contributed by atoms with E-state index in [1.54, 1.807) is 12.1 Å². The van der Waals surface area contributed by atoms with Crippen LogP contribution in [0.4, 0.5) is 5.69 Å². The van der Waals surface area contributed by atoms with Crippen LogP contribution >= 0.6 is 0 Å². The highest BCUT2D eigenvalue weighted by Crippen LogP contribution is 2.45. The van der Waals surface area contributed by atoms with Crippen LogP contribution in [0.3, 0.4) is 0 Å². The van der Waals surface area contributed by atoms with Crippen LogP contribution in [0.25, 0.3) is 0 Å². The summed E-state index contributed by atoms with van der Waals surface area (Å²) in [4.78, 5) is 10.7. The molecule has 3 N–H and O–H groups in total. The summed E-state index contributed by atoms with van der Waals surface area (Å²) >= 11 is 0. The van der Waals surface area contributed by atoms with Gasteiger partial charge in [-0.15, -0.1) is 5.10 Å². The van der Waals surface area contributed by atoms with Gasteiger partial charge in [-0.1, -0.05) is 32.9 Å². The van der Waals surface area contributed by atoms with Gasteiger partial charge < -0.3 is 10.5 Å². The molecule has 3 rings (SSSR count). The Morgan fingerprint density at radius 2 is 2.16 bits per heavy atom. The quantitative estimate of drug-likeness (QED) is 0.639. The summed E-state index contributed by atoms with van der Waals surface area (Å²) in [6.07, 6.45) is 0. The van der Waals surface area contributed by atoms with Crippen molar-refractivity contribution in [3.05, 3.63) is 62.7 Å². The minimum absolute atomic E-state index is 0.0431. The molecule has 0 radical (unpaired) electrons. The molecule has 0 saturated heterocycles. The second-order valence-corrected chi connectivity index (χ2v) is 6.84. The Labute approximate surface area is 144 Å². The lowest BCUT2D eigenvalue weighted by Crippen LogP contribution is -2.23. The first-order chi connectivity index (χ1) is 11.7. The molecule has 128 valence electrons. The number of H-pyrrole nitrogens is 1. The molecule has 2 heterocycles. The minimum atomic E-state index is -0.582. The zero-order chi connectivity index (χ0) is 18.4. The normalized spacial score (nSPS) is 16.8. The molecule has 0 amide bonds. The highest BCUT2D eigenvalue weighted by molar-refractivity contribution is 5.57. The molecule has 1 aliphatic rings. The number of hydrogen-bond acceptors (Lipinski definition) is 6. The third kappa shape index (κ3) is 2.70. The van der Waals surface area contributed by atoms with E-state index in [2.05, 4.69) is 16.3 Å². The van der Waals surface area contributed by atoms with E-state index < -0.39 is 10.8 Å². The van der Waals surface area contributed by atoms with E-state index in [1.165, 1.54) is 12.1 Å². The molecule has 0 saturated carbocycles. The van der Waals surface area contributed by atoms with E-state index >= 15 is 0 Å². The van der Waals surface area contributed by atoms with Crippen LogP contribution in [-0.2, 0) is 5.41 Å². The fraction of sp³-hybridized carbons (Fsp3) is 0.294. The minimum Gasteiger partial charge on any atom is -0.420 e. The topological polar surface area (TPSA) is 131 Å². The van der Waals surface area contributed by atoms with Crippen molar-refractivity contribution in [1.82, 2.24) is 10.2 Å². The van der Waals surface area contributed by atoms with E-state index in [0.29, 0.717) is 11.1 Å². The zero-order valence-electron chi connectivity index (χ0n) is 14.0. The van der Waals surface area contributed by atoms with Gasteiger partial charge >= 0.3 is 0 Å². The predicted octanol–water partition coefficient (Wildman–Crippen LogP) is 2.83. The number of nitro benzene ring substituents is 1. The molecule has 1 aliphatic heterocycles. The van der Waals surface area contributed by atoms with Crippen molar-refractivity contribution in [2.75, 3.05) is 0 Å². The summed E-state index contributed by atoms with van der Waals surface area (Å²) in [6.45, 7) is 6.00. The fourth-order valence-corrected chi connectivity index (χ4v) is 2.97. The summed E-state index contributed by atoms with van der Waals surface area (Å²) in [7, 11) is 0. The number of nitrogens with zero attached hydrogens (tertiary/aromatic N) is 3. The lowest BCUT2D eigenvalue weighted by atomic mass is 9.79. The average Bonchev–Trinajstić information content (AvgIpc) is 2.97. The number of nitriles is 1. The van der Waals surface area contributed by atoms with Crippen molar-refractivity contribution in [1.29, 1.82) is 5.26 Å². The fourth-order valence-electron chi connectivity index (χ4n) is 2.97. The molecular weight excluding hydrogens is 322 g/mol. The van der Waals surface area contributed by atoms with Crippen molar-refractivity contribution >= 4 is 5.69 Å². The number of allylic oxidation sites excluding steroid dienone is 1. The van der Waals surface area contributed by atoms with Crippen molar-refractivity contribution in [3.63, 3.8) is 0 Å². The average molecular weight is 339 g/mol. The van der Waals surface area contributed by atoms with Gasteiger partial charge in [0, 0.05) is 23.2 Å². The van der Waals surface area contributed by atoms with E-state index in [4.69, 9.17) is 10.5 Å². The summed E-state index contributed by atoms with van der Waals surface area (Å²) < 4.78 is 5.50. The molecule has 2 aromatic rings. The van der Waals surface area contributed by atoms with Gasteiger partial charge in [0.2, 0.25) is 11.8 Å². The molecule has 0 unspecified atom stereocenters. The highest BCUT2D eigenvalue weighted by atomic mass is 16.6. The SMILES string of the molecule is CC(C)(C)c1[nH]nc2c1[C@@H](c1cccc([N+](=O)[O-])c1)C(C#N)=C(N)O2. The number of fused-ring (bicyclic) bond motifs is 1. The van der Waals surface area contributed by atoms with E-state index in [0.717, 1.165) is 5.69 Å². The number of ether oxygens (including phenoxy) is 1. The predicted molar refractivity (Wildman–Crippen MR) is 89.7 cm³/mol. The maximum Gasteiger partial charge on any atom is 0.269 e. The Hall–Kier alpha value is -3.34. The van der Waals surface area contributed by atoms with Crippen molar-refractivity contribution in [2.24, 2.45) is 5.73 Å². The number of hydrogen-bond donors (Lipinski definition) is 2. The molecule has 8 heteroatoms. The zero-order valence-corrected chi connectivity index (χ0v) is 14.0. The standard InChI is InChI=1S/C17H17N5O3/c1-17(2,3)14-13-12(9-5-4-6-10(7-9)22(23)24)11(8-18)15(19)25-16(13)21-20-14/h4-7,12H,19H2,1-3H3,(H,20,21)/t12-/m0/s1. The van der Waals surface area contributed by atoms with Crippen molar-refractivity contribution < 1.29 is 9.66 Å². The maximum atomic E-state index is 11.1. The first kappa shape index (κ1) is 16.5. The maximum absolute atomic E-state index is 11.1. The van der Waals surface area contributed by atoms with Gasteiger partial charge in [-0.2, -0.15) is 5.26 Å². The van der Waals surface area contributed by atoms with Crippen LogP contribution < -0.4 is 10.5 Å². The Morgan fingerprint density at radius 1 is 1.44 bits per heavy atom. The van der Waals surface area contributed by atoms with Crippen LogP contribution in [0, 0.1) is 21.4 Å². The van der Waals surface area contributed by atoms with Gasteiger partial charge in [-0.3, -0.25) is 15.2 Å². The first-order valence-electron chi connectivity index (χ1n) is 7.64. The number of non-ortho nitro benzene ring substituents is 1. The number of aromatic nitrogens is 2. The van der Waals surface area contributed by atoms with Gasteiger partial charge in [0.1, 0.15) is 11.6 Å². The summed E-state index contributed by atoms with van der Waals surface area (Å²) in [5.41, 5.74) is 7.81. The van der Waals surface area contributed by atoms with Crippen molar-refractivity contribution in [2.45, 2.75) is 32.1 Å². The van der Waals surface area contributed by atoms with Gasteiger partial charge in [0.05, 0.1) is 16.4 Å². The van der Waals surface area contributed by atoms with Gasteiger partial charge in [0.15, 0.2) is 0 Å². The van der Waals surface area contributed by atoms with Gasteiger partial charge in [-0.05, 0) is 5.56 Å². The number of aromatic amines is 1. The monoisotopic (exact) mass is 339 g/mol. The second kappa shape index (κ2) is 5.63. The van der Waals surface area contributed by atoms with E-state index in [9.17, 15) is 15.4 Å². The molecule has 8 nitrogen and oxygen atoms in total. The molecule has 1 atom stereocenters. The lowest BCUT2D eigenvalue weighted by molar-refractivity contribution is -0.384. The van der Waals surface area contributed by atoms with E-state index in [1.807, 2.05) is 20.8 Å². The Balaban J connectivity index is 2.28. The smallest absolute Gasteiger partial charge is 0.269 e. The molecule has 1 aromatic carbocycles. The molecule has 25 heavy (non-hydrogen) atoms. The second-order valence-electron chi connectivity index (χ2n) is 6.84. The largest absolute Gasteiger partial charge is 0.420 e. The molecular formula is C17H17N5O3. The van der Waals surface area contributed by atoms with Crippen molar-refractivity contribution in [3.8, 4) is 11.9 Å². The van der Waals surface area contributed by atoms with Crippen LogP contribution in [0.2, 0.25) is 0 Å². The Bertz CT molecular complexity index is 930. The summed E-state index contributed by atoms with van der Waals surface area (Å²) in [5, 5.41) is 27.9. The van der Waals surface area contributed by atoms with Crippen LogP contribution in [-0.4, -0.2) is 15.1 Å². The van der Waals surface area contributed by atoms with Gasteiger partial charge in [-0.25, -0.2) is 0 Å². The summed E-state index contributed by atoms with van der Waals surface area (Å²) in [5.74, 6) is -0.335. The summed E-state index contributed by atoms with van der Waals surface area (Å²) in [6, 6.07) is 8.25. The Kier molecular flexibility index (Phi) is 3.72. The number of rotatable bonds is 2. The molecule has 0 fully saturated rings. The molecule has 1 aromatic heterocycles. The highest BCUT2D eigenvalue weighted by Gasteiger charge is 2.38.